The monoisotopic (exact) mass is 230 g/mol. The first kappa shape index (κ1) is 16.5. The van der Waals surface area contributed by atoms with Crippen molar-refractivity contribution in [2.24, 2.45) is 0 Å². The molecule has 0 rings (SSSR count). The van der Waals surface area contributed by atoms with Crippen LogP contribution in [0.1, 0.15) is 19.8 Å². The van der Waals surface area contributed by atoms with E-state index in [2.05, 4.69) is 4.74 Å². The van der Waals surface area contributed by atoms with Gasteiger partial charge in [0.05, 0.1) is 16.4 Å². The van der Waals surface area contributed by atoms with Crippen LogP contribution in [0.3, 0.4) is 0 Å². The topological polar surface area (TPSA) is 83.5 Å². The molecule has 0 atom stereocenters. The first-order chi connectivity index (χ1) is 5.95. The van der Waals surface area contributed by atoms with Crippen molar-refractivity contribution in [2.75, 3.05) is 5.75 Å². The van der Waals surface area contributed by atoms with Crippen LogP contribution in [0.25, 0.3) is 0 Å². The number of carbonyl (C=O) groups is 1. The molecule has 0 aliphatic heterocycles. The van der Waals surface area contributed by atoms with Gasteiger partial charge in [-0.05, 0) is 13.3 Å². The molecule has 0 aromatic heterocycles. The molecule has 0 saturated carbocycles. The molecule has 0 spiro atoms. The zero-order chi connectivity index (χ0) is 10.3. The SMILES string of the molecule is C/C=C/OC(=O)CCCS(=O)(=O)[O-].[Na+]. The van der Waals surface area contributed by atoms with Crippen molar-refractivity contribution in [1.82, 2.24) is 0 Å². The van der Waals surface area contributed by atoms with Crippen LogP contribution in [0.4, 0.5) is 0 Å². The van der Waals surface area contributed by atoms with Gasteiger partial charge in [-0.3, -0.25) is 4.79 Å². The first-order valence-electron chi connectivity index (χ1n) is 3.70. The van der Waals surface area contributed by atoms with Gasteiger partial charge in [-0.1, -0.05) is 6.08 Å². The molecular weight excluding hydrogens is 219 g/mol. The third-order valence-corrected chi connectivity index (χ3v) is 1.90. The van der Waals surface area contributed by atoms with Crippen molar-refractivity contribution < 1.29 is 52.1 Å². The smallest absolute Gasteiger partial charge is 0.748 e. The number of hydrogen-bond donors (Lipinski definition) is 0. The van der Waals surface area contributed by atoms with Crippen LogP contribution in [0.5, 0.6) is 0 Å². The van der Waals surface area contributed by atoms with Gasteiger partial charge in [0.1, 0.15) is 0 Å². The average Bonchev–Trinajstić information content (AvgIpc) is 1.98. The first-order valence-corrected chi connectivity index (χ1v) is 5.27. The summed E-state index contributed by atoms with van der Waals surface area (Å²) in [6.45, 7) is 1.68. The summed E-state index contributed by atoms with van der Waals surface area (Å²) in [6, 6.07) is 0. The maximum Gasteiger partial charge on any atom is 1.00 e. The Kier molecular flexibility index (Phi) is 9.96. The van der Waals surface area contributed by atoms with Gasteiger partial charge in [0.15, 0.2) is 0 Å². The van der Waals surface area contributed by atoms with Crippen molar-refractivity contribution >= 4 is 16.1 Å². The Balaban J connectivity index is 0. The van der Waals surface area contributed by atoms with Gasteiger partial charge in [0.2, 0.25) is 0 Å². The molecule has 0 unspecified atom stereocenters. The number of esters is 1. The summed E-state index contributed by atoms with van der Waals surface area (Å²) in [5.41, 5.74) is 0. The molecule has 14 heavy (non-hydrogen) atoms. The zero-order valence-corrected chi connectivity index (χ0v) is 11.0. The summed E-state index contributed by atoms with van der Waals surface area (Å²) < 4.78 is 34.8. The quantitative estimate of drug-likeness (QED) is 0.224. The summed E-state index contributed by atoms with van der Waals surface area (Å²) >= 11 is 0. The Bertz CT molecular complexity index is 282. The van der Waals surface area contributed by atoms with E-state index in [4.69, 9.17) is 0 Å². The van der Waals surface area contributed by atoms with Crippen molar-refractivity contribution in [3.8, 4) is 0 Å². The van der Waals surface area contributed by atoms with E-state index in [9.17, 15) is 17.8 Å². The minimum Gasteiger partial charge on any atom is -0.748 e. The van der Waals surface area contributed by atoms with Crippen molar-refractivity contribution in [3.05, 3.63) is 12.3 Å². The second-order valence-corrected chi connectivity index (χ2v) is 3.85. The number of rotatable bonds is 5. The van der Waals surface area contributed by atoms with Crippen LogP contribution in [-0.4, -0.2) is 24.7 Å². The summed E-state index contributed by atoms with van der Waals surface area (Å²) in [5, 5.41) is 0. The Morgan fingerprint density at radius 2 is 2.07 bits per heavy atom. The molecule has 0 amide bonds. The van der Waals surface area contributed by atoms with Gasteiger partial charge in [-0.2, -0.15) is 0 Å². The Morgan fingerprint density at radius 1 is 1.50 bits per heavy atom. The van der Waals surface area contributed by atoms with E-state index in [1.165, 1.54) is 12.3 Å². The zero-order valence-electron chi connectivity index (χ0n) is 8.23. The molecule has 0 heterocycles. The van der Waals surface area contributed by atoms with Gasteiger partial charge in [0.25, 0.3) is 0 Å². The Hall–Kier alpha value is 0.120. The van der Waals surface area contributed by atoms with E-state index < -0.39 is 21.8 Å². The molecule has 0 N–H and O–H groups in total. The van der Waals surface area contributed by atoms with E-state index in [0.29, 0.717) is 0 Å². The van der Waals surface area contributed by atoms with E-state index in [1.54, 1.807) is 6.92 Å². The predicted octanol–water partition coefficient (Wildman–Crippen LogP) is -2.61. The molecular formula is C7H11NaO5S. The van der Waals surface area contributed by atoms with Crippen LogP contribution in [0.15, 0.2) is 12.3 Å². The van der Waals surface area contributed by atoms with Gasteiger partial charge >= 0.3 is 35.5 Å². The normalized spacial score (nSPS) is 11.0. The van der Waals surface area contributed by atoms with Crippen molar-refractivity contribution in [2.45, 2.75) is 19.8 Å². The van der Waals surface area contributed by atoms with Gasteiger partial charge in [-0.25, -0.2) is 8.42 Å². The summed E-state index contributed by atoms with van der Waals surface area (Å²) in [6.07, 6.45) is 2.67. The molecule has 76 valence electrons. The Morgan fingerprint density at radius 3 is 2.50 bits per heavy atom. The maximum atomic E-state index is 10.7. The molecule has 0 radical (unpaired) electrons. The van der Waals surface area contributed by atoms with E-state index in [-0.39, 0.29) is 42.4 Å². The van der Waals surface area contributed by atoms with Crippen molar-refractivity contribution in [3.63, 3.8) is 0 Å². The molecule has 0 saturated heterocycles. The maximum absolute atomic E-state index is 10.7. The third-order valence-electron chi connectivity index (χ3n) is 1.11. The molecule has 5 nitrogen and oxygen atoms in total. The second kappa shape index (κ2) is 8.43. The van der Waals surface area contributed by atoms with Gasteiger partial charge < -0.3 is 9.29 Å². The number of carbonyl (C=O) groups excluding carboxylic acids is 1. The molecule has 0 bridgehead atoms. The Labute approximate surface area is 106 Å². The molecule has 0 aromatic rings. The minimum absolute atomic E-state index is 0. The molecule has 0 aliphatic carbocycles. The van der Waals surface area contributed by atoms with E-state index in [1.807, 2.05) is 0 Å². The summed E-state index contributed by atoms with van der Waals surface area (Å²) in [7, 11) is -4.22. The number of allylic oxidation sites excluding steroid dienone is 1. The molecule has 0 aromatic carbocycles. The fourth-order valence-electron chi connectivity index (χ4n) is 0.596. The van der Waals surface area contributed by atoms with Gasteiger partial charge in [-0.15, -0.1) is 0 Å². The largest absolute Gasteiger partial charge is 1.00 e. The summed E-state index contributed by atoms with van der Waals surface area (Å²) in [5.74, 6) is -1.07. The standard InChI is InChI=1S/C7H12O5S.Na/c1-2-5-12-7(8)4-3-6-13(9,10)11;/h2,5H,3-4,6H2,1H3,(H,9,10,11);/q;+1/p-1/b5-2+;. The second-order valence-electron chi connectivity index (χ2n) is 2.32. The van der Waals surface area contributed by atoms with Crippen LogP contribution in [0.2, 0.25) is 0 Å². The van der Waals surface area contributed by atoms with Crippen LogP contribution in [-0.2, 0) is 19.6 Å². The van der Waals surface area contributed by atoms with Crippen LogP contribution in [0, 0.1) is 0 Å². The summed E-state index contributed by atoms with van der Waals surface area (Å²) in [4.78, 5) is 10.7. The van der Waals surface area contributed by atoms with Crippen LogP contribution < -0.4 is 29.6 Å². The van der Waals surface area contributed by atoms with E-state index in [0.717, 1.165) is 0 Å². The molecule has 0 aliphatic rings. The van der Waals surface area contributed by atoms with Crippen LogP contribution >= 0.6 is 0 Å². The predicted molar refractivity (Wildman–Crippen MR) is 44.7 cm³/mol. The fraction of sp³-hybridized carbons (Fsp3) is 0.571. The average molecular weight is 230 g/mol. The van der Waals surface area contributed by atoms with Crippen molar-refractivity contribution in [1.29, 1.82) is 0 Å². The molecule has 7 heteroatoms. The number of hydrogen-bond acceptors (Lipinski definition) is 5. The minimum atomic E-state index is -4.22. The third kappa shape index (κ3) is 12.1. The van der Waals surface area contributed by atoms with Gasteiger partial charge in [0, 0.05) is 12.2 Å². The number of ether oxygens (including phenoxy) is 1. The fourth-order valence-corrected chi connectivity index (χ4v) is 1.09. The molecule has 0 fully saturated rings. The van der Waals surface area contributed by atoms with E-state index >= 15 is 0 Å².